The van der Waals surface area contributed by atoms with Crippen LogP contribution in [0.15, 0.2) is 76.7 Å². The summed E-state index contributed by atoms with van der Waals surface area (Å²) in [5, 5.41) is 3.35. The minimum Gasteiger partial charge on any atom is -0.325 e. The number of hydrogen-bond acceptors (Lipinski definition) is 4. The van der Waals surface area contributed by atoms with Crippen molar-refractivity contribution in [2.45, 2.75) is 24.7 Å². The predicted octanol–water partition coefficient (Wildman–Crippen LogP) is 6.34. The van der Waals surface area contributed by atoms with Crippen LogP contribution in [0.2, 0.25) is 5.15 Å². The Morgan fingerprint density at radius 1 is 1.14 bits per heavy atom. The molecule has 1 aromatic heterocycles. The Morgan fingerprint density at radius 3 is 2.62 bits per heavy atom. The van der Waals surface area contributed by atoms with Gasteiger partial charge in [0.1, 0.15) is 5.15 Å². The molecule has 4 nitrogen and oxygen atoms in total. The van der Waals surface area contributed by atoms with Gasteiger partial charge in [0.2, 0.25) is 5.91 Å². The summed E-state index contributed by atoms with van der Waals surface area (Å²) in [6, 6.07) is 19.3. The lowest BCUT2D eigenvalue weighted by molar-refractivity contribution is -0.113. The summed E-state index contributed by atoms with van der Waals surface area (Å²) in [5.74, 6) is 0.710. The van der Waals surface area contributed by atoms with Gasteiger partial charge in [-0.25, -0.2) is 4.98 Å². The molecule has 0 aliphatic rings. The standard InChI is InChI=1S/C23H22ClN3OS/c1-16(2)17-9-11-19(12-10-17)27-22(28)15-29-21-8-4-3-7-20(21)26-14-18-6-5-13-25-23(18)24/h3-14,16H,15H2,1-2H3,(H,27,28). The number of pyridine rings is 1. The van der Waals surface area contributed by atoms with Gasteiger partial charge in [-0.15, -0.1) is 11.8 Å². The Kier molecular flexibility index (Phi) is 7.44. The van der Waals surface area contributed by atoms with E-state index in [-0.39, 0.29) is 5.91 Å². The van der Waals surface area contributed by atoms with Gasteiger partial charge in [-0.1, -0.05) is 49.7 Å². The molecule has 0 spiro atoms. The topological polar surface area (TPSA) is 54.4 Å². The van der Waals surface area contributed by atoms with Gasteiger partial charge in [-0.3, -0.25) is 9.79 Å². The van der Waals surface area contributed by atoms with Crippen LogP contribution in [0.4, 0.5) is 11.4 Å². The van der Waals surface area contributed by atoms with Crippen LogP contribution in [0, 0.1) is 0 Å². The number of carbonyl (C=O) groups is 1. The number of aliphatic imine (C=N–C) groups is 1. The van der Waals surface area contributed by atoms with Crippen LogP contribution >= 0.6 is 23.4 Å². The Hall–Kier alpha value is -2.63. The van der Waals surface area contributed by atoms with Crippen molar-refractivity contribution in [3.05, 3.63) is 83.1 Å². The smallest absolute Gasteiger partial charge is 0.234 e. The zero-order chi connectivity index (χ0) is 20.6. The largest absolute Gasteiger partial charge is 0.325 e. The molecule has 1 heterocycles. The van der Waals surface area contributed by atoms with Crippen molar-refractivity contribution in [3.8, 4) is 0 Å². The summed E-state index contributed by atoms with van der Waals surface area (Å²) in [4.78, 5) is 21.8. The molecule has 0 unspecified atom stereocenters. The Balaban J connectivity index is 1.62. The Labute approximate surface area is 180 Å². The first-order chi connectivity index (χ1) is 14.0. The number of carbonyl (C=O) groups excluding carboxylic acids is 1. The first kappa shape index (κ1) is 21.1. The van der Waals surface area contributed by atoms with Crippen molar-refractivity contribution in [2.75, 3.05) is 11.1 Å². The number of amides is 1. The zero-order valence-electron chi connectivity index (χ0n) is 16.3. The third-order valence-corrected chi connectivity index (χ3v) is 5.59. The molecule has 1 N–H and O–H groups in total. The molecule has 0 aliphatic carbocycles. The first-order valence-electron chi connectivity index (χ1n) is 9.29. The third-order valence-electron chi connectivity index (χ3n) is 4.22. The van der Waals surface area contributed by atoms with E-state index in [0.29, 0.717) is 16.8 Å². The molecule has 0 bridgehead atoms. The fraction of sp³-hybridized carbons (Fsp3) is 0.174. The van der Waals surface area contributed by atoms with Gasteiger partial charge < -0.3 is 5.32 Å². The highest BCUT2D eigenvalue weighted by Gasteiger charge is 2.07. The van der Waals surface area contributed by atoms with Crippen LogP contribution in [0.3, 0.4) is 0 Å². The summed E-state index contributed by atoms with van der Waals surface area (Å²) in [7, 11) is 0. The van der Waals surface area contributed by atoms with Crippen LogP contribution in [-0.4, -0.2) is 22.9 Å². The van der Waals surface area contributed by atoms with E-state index in [1.165, 1.54) is 17.3 Å². The van der Waals surface area contributed by atoms with Crippen LogP contribution in [0.5, 0.6) is 0 Å². The Bertz CT molecular complexity index is 1000. The second kappa shape index (κ2) is 10.2. The minimum atomic E-state index is -0.0543. The lowest BCUT2D eigenvalue weighted by atomic mass is 10.0. The maximum absolute atomic E-state index is 12.3. The van der Waals surface area contributed by atoms with Crippen molar-refractivity contribution in [1.29, 1.82) is 0 Å². The molecule has 3 aromatic rings. The molecule has 1 amide bonds. The molecular formula is C23H22ClN3OS. The highest BCUT2D eigenvalue weighted by Crippen LogP contribution is 2.29. The van der Waals surface area contributed by atoms with E-state index in [2.05, 4.69) is 29.1 Å². The highest BCUT2D eigenvalue weighted by molar-refractivity contribution is 8.00. The van der Waals surface area contributed by atoms with Gasteiger partial charge in [0.15, 0.2) is 0 Å². The molecule has 0 saturated heterocycles. The maximum Gasteiger partial charge on any atom is 0.234 e. The number of para-hydroxylation sites is 1. The van der Waals surface area contributed by atoms with Crippen molar-refractivity contribution >= 4 is 46.9 Å². The number of anilines is 1. The number of benzene rings is 2. The van der Waals surface area contributed by atoms with Crippen LogP contribution < -0.4 is 5.32 Å². The minimum absolute atomic E-state index is 0.0543. The molecule has 0 radical (unpaired) electrons. The molecule has 0 saturated carbocycles. The average Bonchev–Trinajstić information content (AvgIpc) is 2.72. The van der Waals surface area contributed by atoms with Crippen molar-refractivity contribution in [3.63, 3.8) is 0 Å². The average molecular weight is 424 g/mol. The van der Waals surface area contributed by atoms with E-state index in [9.17, 15) is 4.79 Å². The summed E-state index contributed by atoms with van der Waals surface area (Å²) < 4.78 is 0. The van der Waals surface area contributed by atoms with E-state index < -0.39 is 0 Å². The molecule has 0 atom stereocenters. The number of nitrogens with one attached hydrogen (secondary N) is 1. The second-order valence-electron chi connectivity index (χ2n) is 6.72. The van der Waals surface area contributed by atoms with Crippen LogP contribution in [0.1, 0.15) is 30.9 Å². The molecule has 0 aliphatic heterocycles. The zero-order valence-corrected chi connectivity index (χ0v) is 17.9. The lowest BCUT2D eigenvalue weighted by Crippen LogP contribution is -2.13. The van der Waals surface area contributed by atoms with Gasteiger partial charge in [0, 0.05) is 28.6 Å². The second-order valence-corrected chi connectivity index (χ2v) is 8.10. The van der Waals surface area contributed by atoms with Crippen molar-refractivity contribution in [1.82, 2.24) is 4.98 Å². The predicted molar refractivity (Wildman–Crippen MR) is 123 cm³/mol. The number of aromatic nitrogens is 1. The SMILES string of the molecule is CC(C)c1ccc(NC(=O)CSc2ccccc2N=Cc2cccnc2Cl)cc1. The van der Waals surface area contributed by atoms with Crippen molar-refractivity contribution in [2.24, 2.45) is 4.99 Å². The van der Waals surface area contributed by atoms with E-state index in [1.807, 2.05) is 60.7 Å². The van der Waals surface area contributed by atoms with E-state index in [1.54, 1.807) is 12.4 Å². The molecule has 2 aromatic carbocycles. The van der Waals surface area contributed by atoms with Gasteiger partial charge in [-0.05, 0) is 47.9 Å². The van der Waals surface area contributed by atoms with Gasteiger partial charge in [0.25, 0.3) is 0 Å². The van der Waals surface area contributed by atoms with Crippen molar-refractivity contribution < 1.29 is 4.79 Å². The van der Waals surface area contributed by atoms with Crippen LogP contribution in [-0.2, 0) is 4.79 Å². The lowest BCUT2D eigenvalue weighted by Gasteiger charge is -2.09. The fourth-order valence-corrected chi connectivity index (χ4v) is 3.58. The first-order valence-corrected chi connectivity index (χ1v) is 10.7. The molecule has 0 fully saturated rings. The van der Waals surface area contributed by atoms with Gasteiger partial charge >= 0.3 is 0 Å². The number of rotatable bonds is 7. The highest BCUT2D eigenvalue weighted by atomic mass is 35.5. The van der Waals surface area contributed by atoms with Crippen LogP contribution in [0.25, 0.3) is 0 Å². The Morgan fingerprint density at radius 2 is 1.90 bits per heavy atom. The molecule has 148 valence electrons. The molecule has 29 heavy (non-hydrogen) atoms. The molecular weight excluding hydrogens is 402 g/mol. The monoisotopic (exact) mass is 423 g/mol. The number of hydrogen-bond donors (Lipinski definition) is 1. The summed E-state index contributed by atoms with van der Waals surface area (Å²) in [5.41, 5.74) is 3.58. The summed E-state index contributed by atoms with van der Waals surface area (Å²) in [6.45, 7) is 4.29. The number of halogens is 1. The molecule has 3 rings (SSSR count). The van der Waals surface area contributed by atoms with Gasteiger partial charge in [0.05, 0.1) is 11.4 Å². The molecule has 6 heteroatoms. The fourth-order valence-electron chi connectivity index (χ4n) is 2.61. The maximum atomic E-state index is 12.3. The normalized spacial score (nSPS) is 11.2. The summed E-state index contributed by atoms with van der Waals surface area (Å²) in [6.07, 6.45) is 3.32. The number of thioether (sulfide) groups is 1. The summed E-state index contributed by atoms with van der Waals surface area (Å²) >= 11 is 7.52. The van der Waals surface area contributed by atoms with E-state index >= 15 is 0 Å². The quantitative estimate of drug-likeness (QED) is 0.274. The van der Waals surface area contributed by atoms with Gasteiger partial charge in [-0.2, -0.15) is 0 Å². The third kappa shape index (κ3) is 6.17. The van der Waals surface area contributed by atoms with E-state index in [0.717, 1.165) is 21.8 Å². The van der Waals surface area contributed by atoms with E-state index in [4.69, 9.17) is 11.6 Å². The number of nitrogens with zero attached hydrogens (tertiary/aromatic N) is 2.